The molecular formula is C18H17ClF2N2O3. The number of alkyl halides is 2. The fraction of sp³-hybridized carbons (Fsp3) is 0.222. The molecule has 26 heavy (non-hydrogen) atoms. The fourth-order valence-corrected chi connectivity index (χ4v) is 2.42. The van der Waals surface area contributed by atoms with Crippen LogP contribution in [0.5, 0.6) is 5.75 Å². The maximum Gasteiger partial charge on any atom is 0.387 e. The number of carbonyl (C=O) groups is 2. The molecule has 138 valence electrons. The summed E-state index contributed by atoms with van der Waals surface area (Å²) in [5, 5.41) is 5.65. The normalized spacial score (nSPS) is 10.5. The van der Waals surface area contributed by atoms with Crippen molar-refractivity contribution in [3.8, 4) is 5.75 Å². The summed E-state index contributed by atoms with van der Waals surface area (Å²) in [6.07, 6.45) is 0.589. The highest BCUT2D eigenvalue weighted by molar-refractivity contribution is 6.30. The lowest BCUT2D eigenvalue weighted by molar-refractivity contribution is -0.120. The molecule has 5 nitrogen and oxygen atoms in total. The van der Waals surface area contributed by atoms with E-state index in [4.69, 9.17) is 11.6 Å². The molecule has 0 unspecified atom stereocenters. The van der Waals surface area contributed by atoms with E-state index >= 15 is 0 Å². The topological polar surface area (TPSA) is 67.4 Å². The Morgan fingerprint density at radius 2 is 1.85 bits per heavy atom. The van der Waals surface area contributed by atoms with Gasteiger partial charge in [-0.15, -0.1) is 0 Å². The molecule has 8 heteroatoms. The van der Waals surface area contributed by atoms with E-state index in [1.807, 2.05) is 12.1 Å². The first-order valence-corrected chi connectivity index (χ1v) is 8.16. The van der Waals surface area contributed by atoms with Crippen molar-refractivity contribution >= 4 is 23.4 Å². The van der Waals surface area contributed by atoms with Gasteiger partial charge in [0.05, 0.1) is 12.1 Å². The lowest BCUT2D eigenvalue weighted by Crippen LogP contribution is -2.37. The lowest BCUT2D eigenvalue weighted by Gasteiger charge is -2.11. The Balaban J connectivity index is 1.79. The average Bonchev–Trinajstić information content (AvgIpc) is 2.60. The van der Waals surface area contributed by atoms with Crippen LogP contribution in [0.1, 0.15) is 15.9 Å². The third-order valence-corrected chi connectivity index (χ3v) is 3.62. The van der Waals surface area contributed by atoms with Gasteiger partial charge in [0, 0.05) is 11.6 Å². The van der Waals surface area contributed by atoms with Crippen LogP contribution in [-0.2, 0) is 11.2 Å². The summed E-state index contributed by atoms with van der Waals surface area (Å²) in [6.45, 7) is -2.95. The number of hydrogen-bond acceptors (Lipinski definition) is 3. The van der Waals surface area contributed by atoms with Gasteiger partial charge in [0.25, 0.3) is 5.91 Å². The first-order chi connectivity index (χ1) is 12.5. The molecule has 0 bridgehead atoms. The van der Waals surface area contributed by atoms with Gasteiger partial charge in [-0.2, -0.15) is 8.78 Å². The van der Waals surface area contributed by atoms with Gasteiger partial charge < -0.3 is 15.4 Å². The zero-order valence-corrected chi connectivity index (χ0v) is 14.4. The van der Waals surface area contributed by atoms with Crippen molar-refractivity contribution < 1.29 is 23.1 Å². The molecule has 0 aliphatic carbocycles. The molecule has 0 heterocycles. The first kappa shape index (κ1) is 19.7. The second-order valence-corrected chi connectivity index (χ2v) is 5.72. The molecule has 2 aromatic carbocycles. The number of halogens is 3. The van der Waals surface area contributed by atoms with Gasteiger partial charge >= 0.3 is 6.61 Å². The van der Waals surface area contributed by atoms with Crippen LogP contribution in [0, 0.1) is 0 Å². The van der Waals surface area contributed by atoms with E-state index in [9.17, 15) is 18.4 Å². The van der Waals surface area contributed by atoms with Crippen LogP contribution in [0.25, 0.3) is 0 Å². The Kier molecular flexibility index (Phi) is 7.35. The van der Waals surface area contributed by atoms with Crippen LogP contribution in [0.4, 0.5) is 8.78 Å². The third-order valence-electron chi connectivity index (χ3n) is 3.38. The van der Waals surface area contributed by atoms with Crippen molar-refractivity contribution in [2.24, 2.45) is 0 Å². The van der Waals surface area contributed by atoms with Crippen molar-refractivity contribution in [2.75, 3.05) is 13.1 Å². The second kappa shape index (κ2) is 9.72. The van der Waals surface area contributed by atoms with E-state index in [-0.39, 0.29) is 17.9 Å². The van der Waals surface area contributed by atoms with Gasteiger partial charge in [0.2, 0.25) is 5.91 Å². The summed E-state index contributed by atoms with van der Waals surface area (Å²) in [7, 11) is 0. The summed E-state index contributed by atoms with van der Waals surface area (Å²) in [5.74, 6) is -1.32. The van der Waals surface area contributed by atoms with E-state index in [0.717, 1.165) is 5.56 Å². The molecule has 0 radical (unpaired) electrons. The minimum Gasteiger partial charge on any atom is -0.434 e. The molecule has 0 spiro atoms. The number of ether oxygens (including phenoxy) is 1. The molecule has 0 aromatic heterocycles. The smallest absolute Gasteiger partial charge is 0.387 e. The molecule has 0 fully saturated rings. The molecule has 2 aromatic rings. The van der Waals surface area contributed by atoms with Crippen LogP contribution in [-0.4, -0.2) is 31.5 Å². The zero-order valence-electron chi connectivity index (χ0n) is 13.7. The monoisotopic (exact) mass is 382 g/mol. The van der Waals surface area contributed by atoms with Gasteiger partial charge in [-0.1, -0.05) is 35.9 Å². The molecule has 0 saturated carbocycles. The maximum absolute atomic E-state index is 12.4. The summed E-state index contributed by atoms with van der Waals surface area (Å²) in [4.78, 5) is 23.8. The van der Waals surface area contributed by atoms with E-state index in [1.54, 1.807) is 12.1 Å². The van der Waals surface area contributed by atoms with E-state index < -0.39 is 18.4 Å². The Bertz CT molecular complexity index is 772. The Morgan fingerprint density at radius 3 is 2.58 bits per heavy atom. The van der Waals surface area contributed by atoms with Crippen molar-refractivity contribution in [1.82, 2.24) is 10.6 Å². The number of hydrogen-bond donors (Lipinski definition) is 2. The Labute approximate surface area is 154 Å². The first-order valence-electron chi connectivity index (χ1n) is 7.79. The second-order valence-electron chi connectivity index (χ2n) is 5.29. The largest absolute Gasteiger partial charge is 0.434 e. The Hall–Kier alpha value is -2.67. The molecule has 2 amide bonds. The van der Waals surface area contributed by atoms with Gasteiger partial charge in [0.15, 0.2) is 0 Å². The van der Waals surface area contributed by atoms with Crippen LogP contribution in [0.3, 0.4) is 0 Å². The fourth-order valence-electron chi connectivity index (χ4n) is 2.21. The van der Waals surface area contributed by atoms with E-state index in [1.165, 1.54) is 24.3 Å². The number of amides is 2. The van der Waals surface area contributed by atoms with Crippen LogP contribution < -0.4 is 15.4 Å². The average molecular weight is 383 g/mol. The van der Waals surface area contributed by atoms with E-state index in [0.29, 0.717) is 18.0 Å². The van der Waals surface area contributed by atoms with Gasteiger partial charge in [-0.3, -0.25) is 9.59 Å². The number of carbonyl (C=O) groups excluding carboxylic acids is 2. The molecule has 2 N–H and O–H groups in total. The van der Waals surface area contributed by atoms with Crippen molar-refractivity contribution in [2.45, 2.75) is 13.0 Å². The van der Waals surface area contributed by atoms with Crippen LogP contribution in [0.15, 0.2) is 48.5 Å². The van der Waals surface area contributed by atoms with Gasteiger partial charge in [0.1, 0.15) is 5.75 Å². The van der Waals surface area contributed by atoms with Crippen LogP contribution in [0.2, 0.25) is 5.02 Å². The molecule has 0 saturated heterocycles. The molecule has 0 aliphatic rings. The molecule has 0 aliphatic heterocycles. The number of benzene rings is 2. The van der Waals surface area contributed by atoms with Gasteiger partial charge in [-0.05, 0) is 36.2 Å². The lowest BCUT2D eigenvalue weighted by atomic mass is 10.1. The minimum absolute atomic E-state index is 0.0699. The molecule has 0 atom stereocenters. The number of para-hydroxylation sites is 1. The summed E-state index contributed by atoms with van der Waals surface area (Å²) in [5.41, 5.74) is 0.902. The van der Waals surface area contributed by atoms with Crippen LogP contribution >= 0.6 is 11.6 Å². The van der Waals surface area contributed by atoms with Crippen molar-refractivity contribution in [3.05, 3.63) is 64.7 Å². The van der Waals surface area contributed by atoms with E-state index in [2.05, 4.69) is 15.4 Å². The highest BCUT2D eigenvalue weighted by atomic mass is 35.5. The van der Waals surface area contributed by atoms with Gasteiger partial charge in [-0.25, -0.2) is 0 Å². The Morgan fingerprint density at radius 1 is 1.08 bits per heavy atom. The minimum atomic E-state index is -3.04. The molecular weight excluding hydrogens is 366 g/mol. The summed E-state index contributed by atoms with van der Waals surface area (Å²) in [6, 6.07) is 12.8. The summed E-state index contributed by atoms with van der Waals surface area (Å²) >= 11 is 5.88. The maximum atomic E-state index is 12.4. The predicted molar refractivity (Wildman–Crippen MR) is 93.6 cm³/mol. The third kappa shape index (κ3) is 6.33. The number of rotatable bonds is 8. The van der Waals surface area contributed by atoms with Crippen molar-refractivity contribution in [1.29, 1.82) is 0 Å². The predicted octanol–water partition coefficient (Wildman–Crippen LogP) is 3.03. The standard InChI is InChI=1S/C18H17ClF2N2O3/c19-13-5-3-4-12(10-13)8-9-22-16(24)11-23-17(25)14-6-1-2-7-15(14)26-18(20)21/h1-7,10,18H,8-9,11H2,(H,22,24)(H,23,25). The quantitative estimate of drug-likeness (QED) is 0.737. The highest BCUT2D eigenvalue weighted by Crippen LogP contribution is 2.19. The zero-order chi connectivity index (χ0) is 18.9. The highest BCUT2D eigenvalue weighted by Gasteiger charge is 2.15. The van der Waals surface area contributed by atoms with Crippen molar-refractivity contribution in [3.63, 3.8) is 0 Å². The SMILES string of the molecule is O=C(CNC(=O)c1ccccc1OC(F)F)NCCc1cccc(Cl)c1. The number of nitrogens with one attached hydrogen (secondary N) is 2. The molecule has 2 rings (SSSR count). The summed E-state index contributed by atoms with van der Waals surface area (Å²) < 4.78 is 29.0.